The Kier molecular flexibility index (Phi) is 1.64. The predicted molar refractivity (Wildman–Crippen MR) is 56.1 cm³/mol. The molecule has 0 saturated heterocycles. The van der Waals surface area contributed by atoms with E-state index in [1.54, 1.807) is 0 Å². The van der Waals surface area contributed by atoms with E-state index < -0.39 is 0 Å². The summed E-state index contributed by atoms with van der Waals surface area (Å²) in [6.45, 7) is 9.20. The van der Waals surface area contributed by atoms with Crippen molar-refractivity contribution in [1.82, 2.24) is 4.98 Å². The van der Waals surface area contributed by atoms with Gasteiger partial charge in [-0.15, -0.1) is 0 Å². The normalized spacial score (nSPS) is 20.3. The molecule has 0 amide bonds. The minimum Gasteiger partial charge on any atom is -0.364 e. The van der Waals surface area contributed by atoms with E-state index in [2.05, 4.69) is 44.9 Å². The lowest BCUT2D eigenvalue weighted by atomic mass is 9.83. The number of nitrogens with one attached hydrogen (secondary N) is 1. The van der Waals surface area contributed by atoms with Crippen LogP contribution < -0.4 is 0 Å². The molecule has 0 aromatic carbocycles. The molecule has 0 spiro atoms. The maximum atomic E-state index is 3.41. The van der Waals surface area contributed by atoms with Crippen molar-refractivity contribution in [3.05, 3.63) is 23.5 Å². The molecule has 0 aliphatic heterocycles. The van der Waals surface area contributed by atoms with Crippen LogP contribution in [0.25, 0.3) is 0 Å². The van der Waals surface area contributed by atoms with E-state index in [-0.39, 0.29) is 5.41 Å². The van der Waals surface area contributed by atoms with E-state index in [4.69, 9.17) is 0 Å². The van der Waals surface area contributed by atoms with Crippen LogP contribution in [0.5, 0.6) is 0 Å². The average Bonchev–Trinajstić information content (AvgIpc) is 2.60. The second-order valence-electron chi connectivity index (χ2n) is 5.58. The molecule has 1 aliphatic rings. The van der Waals surface area contributed by atoms with Crippen molar-refractivity contribution in [2.24, 2.45) is 0 Å². The molecule has 0 unspecified atom stereocenters. The summed E-state index contributed by atoms with van der Waals surface area (Å²) < 4.78 is 0. The van der Waals surface area contributed by atoms with Crippen molar-refractivity contribution in [2.45, 2.75) is 51.4 Å². The third-order valence-corrected chi connectivity index (χ3v) is 3.16. The van der Waals surface area contributed by atoms with Gasteiger partial charge < -0.3 is 4.98 Å². The maximum absolute atomic E-state index is 3.41. The fourth-order valence-corrected chi connectivity index (χ4v) is 1.93. The summed E-state index contributed by atoms with van der Waals surface area (Å²) in [5.41, 5.74) is 3.71. The zero-order valence-electron chi connectivity index (χ0n) is 9.07. The Morgan fingerprint density at radius 1 is 1.31 bits per heavy atom. The fraction of sp³-hybridized carbons (Fsp3) is 0.667. The first-order valence-corrected chi connectivity index (χ1v) is 5.12. The summed E-state index contributed by atoms with van der Waals surface area (Å²) in [5, 5.41) is 0. The molecular formula is C12H19N. The second-order valence-corrected chi connectivity index (χ2v) is 5.58. The van der Waals surface area contributed by atoms with Crippen molar-refractivity contribution >= 4 is 0 Å². The lowest BCUT2D eigenvalue weighted by Gasteiger charge is -2.22. The molecule has 1 aliphatic carbocycles. The van der Waals surface area contributed by atoms with Crippen LogP contribution in [0.4, 0.5) is 0 Å². The predicted octanol–water partition coefficient (Wildman–Crippen LogP) is 3.36. The lowest BCUT2D eigenvalue weighted by Crippen LogP contribution is -2.16. The maximum Gasteiger partial charge on any atom is 0.0245 e. The highest BCUT2D eigenvalue weighted by Gasteiger charge is 2.42. The van der Waals surface area contributed by atoms with Crippen molar-refractivity contribution in [3.8, 4) is 0 Å². The molecule has 0 radical (unpaired) electrons. The number of rotatable bonds is 1. The van der Waals surface area contributed by atoms with Gasteiger partial charge in [0.05, 0.1) is 0 Å². The van der Waals surface area contributed by atoms with Crippen molar-refractivity contribution in [3.63, 3.8) is 0 Å². The molecule has 1 aromatic heterocycles. The van der Waals surface area contributed by atoms with Crippen LogP contribution in [-0.4, -0.2) is 4.98 Å². The molecule has 1 N–H and O–H groups in total. The van der Waals surface area contributed by atoms with Crippen LogP contribution in [0.2, 0.25) is 0 Å². The molecule has 13 heavy (non-hydrogen) atoms. The van der Waals surface area contributed by atoms with Crippen molar-refractivity contribution in [2.75, 3.05) is 0 Å². The standard InChI is InChI=1S/C12H19N/c1-11(2,3)9-5-8-13-10(9)12(4)6-7-12/h5,8,13H,6-7H2,1-4H3. The molecule has 72 valence electrons. The van der Waals surface area contributed by atoms with Gasteiger partial charge in [-0.3, -0.25) is 0 Å². The first-order valence-electron chi connectivity index (χ1n) is 5.12. The molecular weight excluding hydrogens is 158 g/mol. The highest BCUT2D eigenvalue weighted by atomic mass is 14.8. The Bertz CT molecular complexity index is 290. The number of aromatic amines is 1. The first kappa shape index (κ1) is 8.86. The van der Waals surface area contributed by atoms with Crippen LogP contribution >= 0.6 is 0 Å². The molecule has 1 heterocycles. The second kappa shape index (κ2) is 2.40. The van der Waals surface area contributed by atoms with Gasteiger partial charge in [-0.05, 0) is 29.9 Å². The van der Waals surface area contributed by atoms with Gasteiger partial charge >= 0.3 is 0 Å². The van der Waals surface area contributed by atoms with E-state index in [1.165, 1.54) is 24.1 Å². The Morgan fingerprint density at radius 2 is 1.92 bits per heavy atom. The monoisotopic (exact) mass is 177 g/mol. The molecule has 0 bridgehead atoms. The minimum absolute atomic E-state index is 0.279. The molecule has 0 atom stereocenters. The van der Waals surface area contributed by atoms with Gasteiger partial charge in [-0.2, -0.15) is 0 Å². The van der Waals surface area contributed by atoms with E-state index in [0.29, 0.717) is 5.41 Å². The largest absolute Gasteiger partial charge is 0.364 e. The highest BCUT2D eigenvalue weighted by Crippen LogP contribution is 2.49. The quantitative estimate of drug-likeness (QED) is 0.677. The highest BCUT2D eigenvalue weighted by molar-refractivity contribution is 5.36. The molecule has 2 rings (SSSR count). The van der Waals surface area contributed by atoms with E-state index in [9.17, 15) is 0 Å². The van der Waals surface area contributed by atoms with Gasteiger partial charge in [0.25, 0.3) is 0 Å². The number of hydrogen-bond acceptors (Lipinski definition) is 0. The van der Waals surface area contributed by atoms with Gasteiger partial charge in [0.1, 0.15) is 0 Å². The Hall–Kier alpha value is -0.720. The van der Waals surface area contributed by atoms with Gasteiger partial charge in [-0.1, -0.05) is 27.7 Å². The molecule has 1 aromatic rings. The average molecular weight is 177 g/mol. The third kappa shape index (κ3) is 1.41. The molecule has 1 nitrogen and oxygen atoms in total. The van der Waals surface area contributed by atoms with Gasteiger partial charge in [0, 0.05) is 17.3 Å². The smallest absolute Gasteiger partial charge is 0.0245 e. The number of hydrogen-bond donors (Lipinski definition) is 1. The van der Waals surface area contributed by atoms with Crippen LogP contribution in [0.1, 0.15) is 51.8 Å². The van der Waals surface area contributed by atoms with Gasteiger partial charge in [-0.25, -0.2) is 0 Å². The van der Waals surface area contributed by atoms with Crippen LogP contribution in [0.3, 0.4) is 0 Å². The number of H-pyrrole nitrogens is 1. The Labute approximate surface area is 80.6 Å². The zero-order valence-corrected chi connectivity index (χ0v) is 9.07. The first-order chi connectivity index (χ1) is 5.93. The summed E-state index contributed by atoms with van der Waals surface area (Å²) in [4.78, 5) is 3.41. The fourth-order valence-electron chi connectivity index (χ4n) is 1.93. The summed E-state index contributed by atoms with van der Waals surface area (Å²) in [6.07, 6.45) is 4.77. The Balaban J connectivity index is 2.42. The summed E-state index contributed by atoms with van der Waals surface area (Å²) in [6, 6.07) is 2.24. The van der Waals surface area contributed by atoms with Crippen LogP contribution in [0.15, 0.2) is 12.3 Å². The van der Waals surface area contributed by atoms with E-state index in [0.717, 1.165) is 0 Å². The minimum atomic E-state index is 0.279. The topological polar surface area (TPSA) is 15.8 Å². The number of aromatic nitrogens is 1. The van der Waals surface area contributed by atoms with Crippen molar-refractivity contribution < 1.29 is 0 Å². The lowest BCUT2D eigenvalue weighted by molar-refractivity contribution is 0.570. The third-order valence-electron chi connectivity index (χ3n) is 3.16. The van der Waals surface area contributed by atoms with Gasteiger partial charge in [0.15, 0.2) is 0 Å². The van der Waals surface area contributed by atoms with E-state index >= 15 is 0 Å². The van der Waals surface area contributed by atoms with Crippen molar-refractivity contribution in [1.29, 1.82) is 0 Å². The SMILES string of the molecule is CC(C)(C)c1cc[nH]c1C1(C)CC1. The Morgan fingerprint density at radius 3 is 2.38 bits per heavy atom. The molecule has 1 fully saturated rings. The molecule has 1 saturated carbocycles. The van der Waals surface area contributed by atoms with Gasteiger partial charge in [0.2, 0.25) is 0 Å². The van der Waals surface area contributed by atoms with E-state index in [1.807, 2.05) is 0 Å². The summed E-state index contributed by atoms with van der Waals surface area (Å²) in [7, 11) is 0. The molecule has 1 heteroatoms. The van der Waals surface area contributed by atoms with Crippen LogP contribution in [-0.2, 0) is 10.8 Å². The summed E-state index contributed by atoms with van der Waals surface area (Å²) in [5.74, 6) is 0. The summed E-state index contributed by atoms with van der Waals surface area (Å²) >= 11 is 0. The van der Waals surface area contributed by atoms with Crippen LogP contribution in [0, 0.1) is 0 Å². The zero-order chi connectivity index (χ0) is 9.69.